The lowest BCUT2D eigenvalue weighted by atomic mass is 10.0. The van der Waals surface area contributed by atoms with E-state index >= 15 is 0 Å². The molecule has 0 unspecified atom stereocenters. The van der Waals surface area contributed by atoms with Gasteiger partial charge < -0.3 is 10.5 Å². The van der Waals surface area contributed by atoms with Crippen molar-refractivity contribution >= 4 is 17.5 Å². The Kier molecular flexibility index (Phi) is 4.17. The molecule has 2 aromatic carbocycles. The second-order valence-corrected chi connectivity index (χ2v) is 5.80. The molecule has 2 aromatic rings. The van der Waals surface area contributed by atoms with Crippen LogP contribution in [-0.2, 0) is 4.74 Å². The van der Waals surface area contributed by atoms with E-state index in [0.717, 1.165) is 11.1 Å². The van der Waals surface area contributed by atoms with Crippen molar-refractivity contribution in [2.45, 2.75) is 26.4 Å². The van der Waals surface area contributed by atoms with E-state index in [1.807, 2.05) is 57.2 Å². The number of nitrogen functional groups attached to an aromatic ring is 1. The van der Waals surface area contributed by atoms with Gasteiger partial charge in [-0.2, -0.15) is 0 Å². The summed E-state index contributed by atoms with van der Waals surface area (Å²) in [5.74, 6) is 0. The van der Waals surface area contributed by atoms with Crippen molar-refractivity contribution in [3.63, 3.8) is 0 Å². The Balaban J connectivity index is 2.30. The number of nitrogens with two attached hydrogens (primary N) is 1. The highest BCUT2D eigenvalue weighted by Gasteiger charge is 2.17. The lowest BCUT2D eigenvalue weighted by Crippen LogP contribution is -2.27. The summed E-state index contributed by atoms with van der Waals surface area (Å²) in [5.41, 5.74) is 8.47. The minimum atomic E-state index is -0.537. The fourth-order valence-electron chi connectivity index (χ4n) is 1.94. The fraction of sp³-hybridized carbons (Fsp3) is 0.235. The Morgan fingerprint density at radius 2 is 1.76 bits per heavy atom. The van der Waals surface area contributed by atoms with E-state index in [2.05, 4.69) is 5.32 Å². The molecule has 1 amide bonds. The molecule has 0 fully saturated rings. The molecule has 110 valence electrons. The minimum absolute atomic E-state index is 0.482. The number of rotatable bonds is 2. The standard InChI is InChI=1S/C17H20N2O2/c1-17(2,3)21-16(20)19-15-10-9-13(18)11-14(15)12-7-5-4-6-8-12/h4-11H,18H2,1-3H3,(H,19,20). The maximum absolute atomic E-state index is 11.9. The van der Waals surface area contributed by atoms with E-state index < -0.39 is 11.7 Å². The van der Waals surface area contributed by atoms with Crippen molar-refractivity contribution in [2.24, 2.45) is 0 Å². The highest BCUT2D eigenvalue weighted by atomic mass is 16.6. The first-order valence-electron chi connectivity index (χ1n) is 6.80. The van der Waals surface area contributed by atoms with Crippen LogP contribution in [0.2, 0.25) is 0 Å². The highest BCUT2D eigenvalue weighted by molar-refractivity contribution is 5.92. The number of hydrogen-bond donors (Lipinski definition) is 2. The summed E-state index contributed by atoms with van der Waals surface area (Å²) in [6, 6.07) is 15.1. The van der Waals surface area contributed by atoms with Gasteiger partial charge in [-0.15, -0.1) is 0 Å². The van der Waals surface area contributed by atoms with E-state index in [-0.39, 0.29) is 0 Å². The van der Waals surface area contributed by atoms with Crippen molar-refractivity contribution in [2.75, 3.05) is 11.1 Å². The molecule has 0 aromatic heterocycles. The highest BCUT2D eigenvalue weighted by Crippen LogP contribution is 2.30. The minimum Gasteiger partial charge on any atom is -0.444 e. The van der Waals surface area contributed by atoms with Gasteiger partial charge in [0.15, 0.2) is 0 Å². The summed E-state index contributed by atoms with van der Waals surface area (Å²) >= 11 is 0. The van der Waals surface area contributed by atoms with Crippen molar-refractivity contribution in [1.29, 1.82) is 0 Å². The maximum Gasteiger partial charge on any atom is 0.412 e. The number of anilines is 2. The van der Waals surface area contributed by atoms with Crippen LogP contribution in [0.4, 0.5) is 16.2 Å². The first kappa shape index (κ1) is 14.9. The number of hydrogen-bond acceptors (Lipinski definition) is 3. The Bertz CT molecular complexity index is 631. The zero-order valence-electron chi connectivity index (χ0n) is 12.5. The third-order valence-electron chi connectivity index (χ3n) is 2.76. The number of amides is 1. The molecule has 0 radical (unpaired) electrons. The zero-order chi connectivity index (χ0) is 15.5. The molecular weight excluding hydrogens is 264 g/mol. The van der Waals surface area contributed by atoms with E-state index in [0.29, 0.717) is 11.4 Å². The van der Waals surface area contributed by atoms with Gasteiger partial charge in [-0.1, -0.05) is 30.3 Å². The molecule has 4 heteroatoms. The van der Waals surface area contributed by atoms with E-state index in [1.165, 1.54) is 0 Å². The summed E-state index contributed by atoms with van der Waals surface area (Å²) in [4.78, 5) is 11.9. The topological polar surface area (TPSA) is 64.3 Å². The molecule has 4 nitrogen and oxygen atoms in total. The average Bonchev–Trinajstić information content (AvgIpc) is 2.40. The second kappa shape index (κ2) is 5.87. The normalized spacial score (nSPS) is 11.0. The summed E-state index contributed by atoms with van der Waals surface area (Å²) in [6.07, 6.45) is -0.482. The first-order chi connectivity index (χ1) is 9.85. The second-order valence-electron chi connectivity index (χ2n) is 5.80. The van der Waals surface area contributed by atoms with Gasteiger partial charge in [0, 0.05) is 11.3 Å². The fourth-order valence-corrected chi connectivity index (χ4v) is 1.94. The van der Waals surface area contributed by atoms with Gasteiger partial charge >= 0.3 is 6.09 Å². The molecule has 0 atom stereocenters. The molecule has 2 rings (SSSR count). The summed E-state index contributed by atoms with van der Waals surface area (Å²) < 4.78 is 5.28. The summed E-state index contributed by atoms with van der Waals surface area (Å²) in [7, 11) is 0. The van der Waals surface area contributed by atoms with E-state index in [1.54, 1.807) is 12.1 Å². The number of carbonyl (C=O) groups excluding carboxylic acids is 1. The zero-order valence-corrected chi connectivity index (χ0v) is 12.5. The first-order valence-corrected chi connectivity index (χ1v) is 6.80. The molecule has 0 aliphatic rings. The van der Waals surface area contributed by atoms with Crippen LogP contribution in [0.5, 0.6) is 0 Å². The van der Waals surface area contributed by atoms with Crippen LogP contribution in [0.1, 0.15) is 20.8 Å². The lowest BCUT2D eigenvalue weighted by molar-refractivity contribution is 0.0636. The van der Waals surface area contributed by atoms with Gasteiger partial charge in [0.25, 0.3) is 0 Å². The summed E-state index contributed by atoms with van der Waals surface area (Å²) in [5, 5.41) is 2.78. The number of benzene rings is 2. The smallest absolute Gasteiger partial charge is 0.412 e. The molecule has 0 aliphatic carbocycles. The summed E-state index contributed by atoms with van der Waals surface area (Å²) in [6.45, 7) is 5.48. The van der Waals surface area contributed by atoms with Crippen LogP contribution in [0.25, 0.3) is 11.1 Å². The Morgan fingerprint density at radius 3 is 2.38 bits per heavy atom. The van der Waals surface area contributed by atoms with E-state index in [9.17, 15) is 4.79 Å². The predicted octanol–water partition coefficient (Wildman–Crippen LogP) is 4.28. The van der Waals surface area contributed by atoms with Gasteiger partial charge in [-0.25, -0.2) is 4.79 Å². The van der Waals surface area contributed by atoms with Crippen LogP contribution in [0, 0.1) is 0 Å². The molecule has 0 saturated heterocycles. The van der Waals surface area contributed by atoms with Crippen molar-refractivity contribution in [3.05, 3.63) is 48.5 Å². The number of nitrogens with one attached hydrogen (secondary N) is 1. The van der Waals surface area contributed by atoms with Gasteiger partial charge in [-0.05, 0) is 44.5 Å². The van der Waals surface area contributed by atoms with Crippen LogP contribution >= 0.6 is 0 Å². The third kappa shape index (κ3) is 4.24. The van der Waals surface area contributed by atoms with Gasteiger partial charge in [0.1, 0.15) is 5.60 Å². The molecule has 0 heterocycles. The SMILES string of the molecule is CC(C)(C)OC(=O)Nc1ccc(N)cc1-c1ccccc1. The van der Waals surface area contributed by atoms with Gasteiger partial charge in [0.05, 0.1) is 5.69 Å². The van der Waals surface area contributed by atoms with E-state index in [4.69, 9.17) is 10.5 Å². The quantitative estimate of drug-likeness (QED) is 0.809. The molecule has 0 spiro atoms. The van der Waals surface area contributed by atoms with Gasteiger partial charge in [-0.3, -0.25) is 5.32 Å². The van der Waals surface area contributed by atoms with Gasteiger partial charge in [0.2, 0.25) is 0 Å². The largest absolute Gasteiger partial charge is 0.444 e. The van der Waals surface area contributed by atoms with Crippen molar-refractivity contribution in [3.8, 4) is 11.1 Å². The molecule has 21 heavy (non-hydrogen) atoms. The van der Waals surface area contributed by atoms with Crippen molar-refractivity contribution < 1.29 is 9.53 Å². The van der Waals surface area contributed by atoms with Crippen molar-refractivity contribution in [1.82, 2.24) is 0 Å². The Labute approximate surface area is 124 Å². The Hall–Kier alpha value is -2.49. The van der Waals surface area contributed by atoms with Crippen LogP contribution in [-0.4, -0.2) is 11.7 Å². The number of carbonyl (C=O) groups is 1. The molecular formula is C17H20N2O2. The molecule has 0 bridgehead atoms. The Morgan fingerprint density at radius 1 is 1.10 bits per heavy atom. The monoisotopic (exact) mass is 284 g/mol. The third-order valence-corrected chi connectivity index (χ3v) is 2.76. The van der Waals surface area contributed by atoms with Crippen LogP contribution in [0.15, 0.2) is 48.5 Å². The lowest BCUT2D eigenvalue weighted by Gasteiger charge is -2.20. The maximum atomic E-state index is 11.9. The predicted molar refractivity (Wildman–Crippen MR) is 86.1 cm³/mol. The molecule has 0 saturated carbocycles. The number of ether oxygens (including phenoxy) is 1. The van der Waals surface area contributed by atoms with Crippen LogP contribution in [0.3, 0.4) is 0 Å². The van der Waals surface area contributed by atoms with Crippen LogP contribution < -0.4 is 11.1 Å². The molecule has 3 N–H and O–H groups in total. The average molecular weight is 284 g/mol. The molecule has 0 aliphatic heterocycles.